The van der Waals surface area contributed by atoms with Gasteiger partial charge in [-0.25, -0.2) is 9.50 Å². The lowest BCUT2D eigenvalue weighted by molar-refractivity contribution is 0.0937. The predicted molar refractivity (Wildman–Crippen MR) is 126 cm³/mol. The summed E-state index contributed by atoms with van der Waals surface area (Å²) in [6.45, 7) is 8.18. The number of amides is 1. The van der Waals surface area contributed by atoms with Crippen LogP contribution in [0.3, 0.4) is 0 Å². The Morgan fingerprint density at radius 1 is 1.26 bits per heavy atom. The predicted octanol–water partition coefficient (Wildman–Crippen LogP) is 3.05. The lowest BCUT2D eigenvalue weighted by Crippen LogP contribution is -2.24. The highest BCUT2D eigenvalue weighted by molar-refractivity contribution is 5.90. The third-order valence-corrected chi connectivity index (χ3v) is 5.20. The highest BCUT2D eigenvalue weighted by Crippen LogP contribution is 2.25. The van der Waals surface area contributed by atoms with Crippen LogP contribution < -0.4 is 5.32 Å². The number of hydrogen-bond acceptors (Lipinski definition) is 7. The van der Waals surface area contributed by atoms with Crippen LogP contribution in [-0.2, 0) is 12.0 Å². The summed E-state index contributed by atoms with van der Waals surface area (Å²) in [5, 5.41) is 19.8. The molecule has 9 heteroatoms. The van der Waals surface area contributed by atoms with Crippen molar-refractivity contribution in [3.8, 4) is 23.1 Å². The highest BCUT2D eigenvalue weighted by atomic mass is 16.5. The normalized spacial score (nSPS) is 11.3. The molecule has 0 saturated carbocycles. The molecule has 0 unspecified atom stereocenters. The van der Waals surface area contributed by atoms with Crippen LogP contribution in [0.1, 0.15) is 60.4 Å². The SMILES string of the molecule is Cc1cc(-c2ncnn3cc(C#CCCO)cc23)ccc1CNC(=O)c1noc(C(C)(C)C)n1. The number of nitrogens with zero attached hydrogens (tertiary/aromatic N) is 5. The Morgan fingerprint density at radius 2 is 2.09 bits per heavy atom. The van der Waals surface area contributed by atoms with Crippen LogP contribution in [0.5, 0.6) is 0 Å². The molecule has 0 bridgehead atoms. The summed E-state index contributed by atoms with van der Waals surface area (Å²) in [4.78, 5) is 21.1. The number of hydrogen-bond donors (Lipinski definition) is 2. The first kappa shape index (κ1) is 23.1. The Hall–Kier alpha value is -4.03. The lowest BCUT2D eigenvalue weighted by Gasteiger charge is -2.10. The van der Waals surface area contributed by atoms with E-state index in [1.54, 1.807) is 4.52 Å². The Kier molecular flexibility index (Phi) is 6.43. The zero-order valence-electron chi connectivity index (χ0n) is 19.6. The monoisotopic (exact) mass is 458 g/mol. The lowest BCUT2D eigenvalue weighted by atomic mass is 9.97. The summed E-state index contributed by atoms with van der Waals surface area (Å²) in [5.41, 5.74) is 5.01. The van der Waals surface area contributed by atoms with Gasteiger partial charge in [-0.05, 0) is 30.2 Å². The molecule has 2 N–H and O–H groups in total. The van der Waals surface area contributed by atoms with E-state index in [1.165, 1.54) is 6.33 Å². The summed E-state index contributed by atoms with van der Waals surface area (Å²) in [6.07, 6.45) is 3.77. The van der Waals surface area contributed by atoms with Crippen LogP contribution in [0.4, 0.5) is 0 Å². The summed E-state index contributed by atoms with van der Waals surface area (Å²) >= 11 is 0. The number of benzene rings is 1. The average Bonchev–Trinajstić information content (AvgIpc) is 3.45. The quantitative estimate of drug-likeness (QED) is 0.441. The van der Waals surface area contributed by atoms with Gasteiger partial charge in [0.2, 0.25) is 5.89 Å². The molecule has 0 fully saturated rings. The fraction of sp³-hybridized carbons (Fsp3) is 0.320. The minimum absolute atomic E-state index is 0.0219. The largest absolute Gasteiger partial charge is 0.395 e. The van der Waals surface area contributed by atoms with Crippen molar-refractivity contribution in [2.75, 3.05) is 6.61 Å². The molecule has 3 aromatic heterocycles. The van der Waals surface area contributed by atoms with Crippen molar-refractivity contribution in [3.05, 3.63) is 65.2 Å². The summed E-state index contributed by atoms with van der Waals surface area (Å²) in [7, 11) is 0. The number of nitrogens with one attached hydrogen (secondary N) is 1. The van der Waals surface area contributed by atoms with Gasteiger partial charge in [0, 0.05) is 35.7 Å². The maximum absolute atomic E-state index is 12.5. The van der Waals surface area contributed by atoms with Gasteiger partial charge < -0.3 is 14.9 Å². The first-order valence-electron chi connectivity index (χ1n) is 10.9. The third-order valence-electron chi connectivity index (χ3n) is 5.20. The van der Waals surface area contributed by atoms with Crippen LogP contribution in [0.25, 0.3) is 16.8 Å². The van der Waals surface area contributed by atoms with E-state index in [0.717, 1.165) is 33.5 Å². The number of aromatic nitrogens is 5. The number of carbonyl (C=O) groups is 1. The second kappa shape index (κ2) is 9.45. The molecule has 0 aliphatic rings. The van der Waals surface area contributed by atoms with Gasteiger partial charge in [-0.3, -0.25) is 4.79 Å². The summed E-state index contributed by atoms with van der Waals surface area (Å²) in [5.74, 6) is 6.00. The number of rotatable bonds is 5. The van der Waals surface area contributed by atoms with Gasteiger partial charge in [0.1, 0.15) is 6.33 Å². The highest BCUT2D eigenvalue weighted by Gasteiger charge is 2.24. The van der Waals surface area contributed by atoms with Crippen molar-refractivity contribution in [2.24, 2.45) is 0 Å². The zero-order valence-corrected chi connectivity index (χ0v) is 19.6. The molecule has 1 amide bonds. The van der Waals surface area contributed by atoms with Crippen LogP contribution in [-0.4, -0.2) is 42.4 Å². The van der Waals surface area contributed by atoms with E-state index in [4.69, 9.17) is 9.63 Å². The van der Waals surface area contributed by atoms with Crippen LogP contribution in [0.15, 0.2) is 41.3 Å². The number of fused-ring (bicyclic) bond motifs is 1. The molecule has 1 aromatic carbocycles. The molecule has 0 saturated heterocycles. The molecule has 4 aromatic rings. The molecule has 3 heterocycles. The van der Waals surface area contributed by atoms with Gasteiger partial charge in [0.15, 0.2) is 0 Å². The van der Waals surface area contributed by atoms with Crippen molar-refractivity contribution in [1.29, 1.82) is 0 Å². The minimum atomic E-state index is -0.386. The Morgan fingerprint density at radius 3 is 2.79 bits per heavy atom. The Labute approximate surface area is 197 Å². The number of aryl methyl sites for hydroxylation is 1. The van der Waals surface area contributed by atoms with Crippen LogP contribution in [0, 0.1) is 18.8 Å². The zero-order chi connectivity index (χ0) is 24.3. The first-order chi connectivity index (χ1) is 16.3. The molecule has 34 heavy (non-hydrogen) atoms. The Bertz CT molecular complexity index is 1400. The van der Waals surface area contributed by atoms with E-state index in [9.17, 15) is 4.79 Å². The average molecular weight is 459 g/mol. The second-order valence-corrected chi connectivity index (χ2v) is 8.94. The van der Waals surface area contributed by atoms with E-state index >= 15 is 0 Å². The molecule has 0 spiro atoms. The maximum atomic E-state index is 12.5. The molecular weight excluding hydrogens is 432 g/mol. The van der Waals surface area contributed by atoms with Gasteiger partial charge in [-0.15, -0.1) is 0 Å². The van der Waals surface area contributed by atoms with Gasteiger partial charge in [0.25, 0.3) is 11.7 Å². The van der Waals surface area contributed by atoms with E-state index in [2.05, 4.69) is 37.4 Å². The molecule has 0 atom stereocenters. The topological polar surface area (TPSA) is 118 Å². The standard InChI is InChI=1S/C25H26N6O3/c1-16-11-18(21-20-12-17(7-5-6-10-32)14-31(20)28-15-27-21)8-9-19(16)13-26-23(33)22-29-24(34-30-22)25(2,3)4/h8-9,11-12,14-15,32H,6,10,13H2,1-4H3,(H,26,33). The van der Waals surface area contributed by atoms with Crippen molar-refractivity contribution < 1.29 is 14.4 Å². The van der Waals surface area contributed by atoms with Crippen molar-refractivity contribution in [1.82, 2.24) is 30.1 Å². The fourth-order valence-electron chi connectivity index (χ4n) is 3.36. The van der Waals surface area contributed by atoms with Gasteiger partial charge in [-0.1, -0.05) is 49.9 Å². The molecule has 4 rings (SSSR count). The first-order valence-corrected chi connectivity index (χ1v) is 10.9. The van der Waals surface area contributed by atoms with Crippen molar-refractivity contribution in [3.63, 3.8) is 0 Å². The second-order valence-electron chi connectivity index (χ2n) is 8.94. The third kappa shape index (κ3) is 4.97. The fourth-order valence-corrected chi connectivity index (χ4v) is 3.36. The summed E-state index contributed by atoms with van der Waals surface area (Å²) < 4.78 is 6.94. The number of aliphatic hydroxyl groups excluding tert-OH is 1. The summed E-state index contributed by atoms with van der Waals surface area (Å²) in [6, 6.07) is 7.89. The van der Waals surface area contributed by atoms with E-state index < -0.39 is 0 Å². The van der Waals surface area contributed by atoms with Gasteiger partial charge >= 0.3 is 0 Å². The molecule has 0 aliphatic carbocycles. The van der Waals surface area contributed by atoms with Crippen molar-refractivity contribution in [2.45, 2.75) is 46.1 Å². The van der Waals surface area contributed by atoms with E-state index in [1.807, 2.05) is 58.2 Å². The number of carbonyl (C=O) groups excluding carboxylic acids is 1. The van der Waals surface area contributed by atoms with E-state index in [-0.39, 0.29) is 23.8 Å². The maximum Gasteiger partial charge on any atom is 0.292 e. The Balaban J connectivity index is 1.51. The molecule has 0 aliphatic heterocycles. The molecule has 174 valence electrons. The number of aliphatic hydroxyl groups is 1. The van der Waals surface area contributed by atoms with Gasteiger partial charge in [-0.2, -0.15) is 10.1 Å². The molecule has 0 radical (unpaired) electrons. The van der Waals surface area contributed by atoms with E-state index in [0.29, 0.717) is 18.9 Å². The molecule has 9 nitrogen and oxygen atoms in total. The smallest absolute Gasteiger partial charge is 0.292 e. The van der Waals surface area contributed by atoms with Crippen LogP contribution >= 0.6 is 0 Å². The van der Waals surface area contributed by atoms with Gasteiger partial charge in [0.05, 0.1) is 17.8 Å². The minimum Gasteiger partial charge on any atom is -0.395 e. The van der Waals surface area contributed by atoms with Crippen molar-refractivity contribution >= 4 is 11.4 Å². The molecular formula is C25H26N6O3. The van der Waals surface area contributed by atoms with Crippen LogP contribution in [0.2, 0.25) is 0 Å².